The molecule has 5 rings (SSSR count). The van der Waals surface area contributed by atoms with E-state index in [2.05, 4.69) is 51.9 Å². The summed E-state index contributed by atoms with van der Waals surface area (Å²) in [4.78, 5) is 27.1. The van der Waals surface area contributed by atoms with Crippen LogP contribution >= 0.6 is 0 Å². The second kappa shape index (κ2) is 10.7. The molecule has 6 nitrogen and oxygen atoms in total. The number of H-pyrrole nitrogens is 1. The van der Waals surface area contributed by atoms with Crippen LogP contribution in [0.2, 0.25) is 0 Å². The molecule has 1 atom stereocenters. The molecule has 2 N–H and O–H groups in total. The second-order valence-corrected chi connectivity index (χ2v) is 10.5. The van der Waals surface area contributed by atoms with E-state index in [1.807, 2.05) is 25.2 Å². The normalized spacial score (nSPS) is 19.4. The van der Waals surface area contributed by atoms with Gasteiger partial charge in [-0.15, -0.1) is 0 Å². The molecule has 0 radical (unpaired) electrons. The number of aryl methyl sites for hydroxylation is 1. The van der Waals surface area contributed by atoms with E-state index in [0.717, 1.165) is 31.4 Å². The monoisotopic (exact) mass is 484 g/mol. The quantitative estimate of drug-likeness (QED) is 0.443. The lowest BCUT2D eigenvalue weighted by atomic mass is 9.84. The second-order valence-electron chi connectivity index (χ2n) is 10.5. The van der Waals surface area contributed by atoms with Crippen molar-refractivity contribution in [2.75, 3.05) is 7.05 Å². The molecule has 6 heteroatoms. The number of aromatic nitrogens is 2. The number of nitrogens with zero attached hydrogens (tertiary/aromatic N) is 2. The highest BCUT2D eigenvalue weighted by molar-refractivity contribution is 5.80. The first-order valence-electron chi connectivity index (χ1n) is 13.3. The molecular weight excluding hydrogens is 448 g/mol. The number of hydrogen-bond donors (Lipinski definition) is 2. The van der Waals surface area contributed by atoms with Gasteiger partial charge in [0.15, 0.2) is 0 Å². The Labute approximate surface area is 213 Å². The summed E-state index contributed by atoms with van der Waals surface area (Å²) in [5, 5.41) is 11.0. The van der Waals surface area contributed by atoms with Crippen molar-refractivity contribution in [1.29, 1.82) is 0 Å². The first kappa shape index (κ1) is 24.3. The number of aromatic amines is 1. The Balaban J connectivity index is 1.22. The van der Waals surface area contributed by atoms with Gasteiger partial charge in [-0.3, -0.25) is 14.7 Å². The summed E-state index contributed by atoms with van der Waals surface area (Å²) in [7, 11) is 1.86. The zero-order valence-corrected chi connectivity index (χ0v) is 21.2. The smallest absolute Gasteiger partial charge is 0.222 e. The number of nitrogens with one attached hydrogen (secondary N) is 2. The number of amides is 2. The van der Waals surface area contributed by atoms with Crippen LogP contribution in [0.15, 0.2) is 54.6 Å². The van der Waals surface area contributed by atoms with E-state index in [0.29, 0.717) is 25.8 Å². The van der Waals surface area contributed by atoms with E-state index in [1.165, 1.54) is 47.2 Å². The highest BCUT2D eigenvalue weighted by atomic mass is 16.2. The fraction of sp³-hybridized carbons (Fsp3) is 0.433. The maximum Gasteiger partial charge on any atom is 0.222 e. The standard InChI is InChI=1S/C30H36N4O2/c1-34(21-27-25-10-6-3-7-11-26(25)32-33-27)29(36)17-19-30(18-16-28(35)31-30)20-22-12-14-24(15-13-22)23-8-4-2-5-9-23/h2,4-5,8-9,12-15H,3,6-7,10-11,16-21H2,1H3,(H,31,35)(H,32,33)/t30-/m1/s1. The van der Waals surface area contributed by atoms with Gasteiger partial charge in [0.25, 0.3) is 0 Å². The zero-order valence-electron chi connectivity index (χ0n) is 21.2. The van der Waals surface area contributed by atoms with Crippen molar-refractivity contribution in [2.24, 2.45) is 0 Å². The van der Waals surface area contributed by atoms with Gasteiger partial charge in [0.1, 0.15) is 0 Å². The Kier molecular flexibility index (Phi) is 7.21. The van der Waals surface area contributed by atoms with Crippen LogP contribution < -0.4 is 5.32 Å². The minimum atomic E-state index is -0.370. The van der Waals surface area contributed by atoms with E-state index < -0.39 is 0 Å². The number of fused-ring (bicyclic) bond motifs is 1. The molecule has 0 saturated carbocycles. The van der Waals surface area contributed by atoms with Gasteiger partial charge in [-0.2, -0.15) is 5.10 Å². The fourth-order valence-corrected chi connectivity index (χ4v) is 5.73. The van der Waals surface area contributed by atoms with Crippen molar-refractivity contribution < 1.29 is 9.59 Å². The van der Waals surface area contributed by atoms with Crippen molar-refractivity contribution in [3.05, 3.63) is 77.1 Å². The molecule has 0 unspecified atom stereocenters. The van der Waals surface area contributed by atoms with Gasteiger partial charge in [-0.25, -0.2) is 0 Å². The maximum atomic E-state index is 13.1. The molecule has 2 heterocycles. The predicted molar refractivity (Wildman–Crippen MR) is 141 cm³/mol. The van der Waals surface area contributed by atoms with Crippen LogP contribution in [0.4, 0.5) is 0 Å². The van der Waals surface area contributed by atoms with Gasteiger partial charge >= 0.3 is 0 Å². The van der Waals surface area contributed by atoms with Gasteiger partial charge in [0.05, 0.1) is 12.2 Å². The van der Waals surface area contributed by atoms with Gasteiger partial charge in [0.2, 0.25) is 11.8 Å². The van der Waals surface area contributed by atoms with Gasteiger partial charge in [-0.05, 0) is 67.2 Å². The number of rotatable bonds is 8. The molecule has 0 bridgehead atoms. The van der Waals surface area contributed by atoms with Crippen LogP contribution in [0.3, 0.4) is 0 Å². The Bertz CT molecular complexity index is 1200. The van der Waals surface area contributed by atoms with Crippen LogP contribution in [-0.2, 0) is 35.4 Å². The average molecular weight is 485 g/mol. The van der Waals surface area contributed by atoms with Crippen LogP contribution in [0.5, 0.6) is 0 Å². The Hall–Kier alpha value is -3.41. The summed E-state index contributed by atoms with van der Waals surface area (Å²) in [5.74, 6) is 0.177. The summed E-state index contributed by atoms with van der Waals surface area (Å²) in [6, 6.07) is 18.9. The fourth-order valence-electron chi connectivity index (χ4n) is 5.73. The molecule has 188 valence electrons. The van der Waals surface area contributed by atoms with E-state index >= 15 is 0 Å². The van der Waals surface area contributed by atoms with Crippen molar-refractivity contribution in [3.63, 3.8) is 0 Å². The lowest BCUT2D eigenvalue weighted by Crippen LogP contribution is -2.44. The van der Waals surface area contributed by atoms with Gasteiger partial charge in [0, 0.05) is 31.1 Å². The molecule has 1 aliphatic heterocycles. The van der Waals surface area contributed by atoms with Crippen LogP contribution in [0, 0.1) is 0 Å². The van der Waals surface area contributed by atoms with Crippen LogP contribution in [0.1, 0.15) is 67.5 Å². The van der Waals surface area contributed by atoms with Crippen molar-refractivity contribution in [3.8, 4) is 11.1 Å². The molecule has 1 fully saturated rings. The largest absolute Gasteiger partial charge is 0.350 e. The number of benzene rings is 2. The highest BCUT2D eigenvalue weighted by Gasteiger charge is 2.38. The third kappa shape index (κ3) is 5.53. The molecule has 36 heavy (non-hydrogen) atoms. The molecule has 0 spiro atoms. The van der Waals surface area contributed by atoms with Crippen LogP contribution in [-0.4, -0.2) is 39.5 Å². The summed E-state index contributed by atoms with van der Waals surface area (Å²) in [5.41, 5.74) is 6.74. The summed E-state index contributed by atoms with van der Waals surface area (Å²) in [6.45, 7) is 0.533. The highest BCUT2D eigenvalue weighted by Crippen LogP contribution is 2.31. The summed E-state index contributed by atoms with van der Waals surface area (Å²) in [6.07, 6.45) is 8.79. The summed E-state index contributed by atoms with van der Waals surface area (Å²) < 4.78 is 0. The van der Waals surface area contributed by atoms with Gasteiger partial charge in [-0.1, -0.05) is 61.0 Å². The minimum absolute atomic E-state index is 0.0796. The molecule has 1 aliphatic carbocycles. The van der Waals surface area contributed by atoms with Crippen molar-refractivity contribution in [1.82, 2.24) is 20.4 Å². The van der Waals surface area contributed by atoms with Crippen LogP contribution in [0.25, 0.3) is 11.1 Å². The molecule has 2 amide bonds. The molecule has 2 aromatic carbocycles. The number of carbonyl (C=O) groups is 2. The molecule has 3 aromatic rings. The van der Waals surface area contributed by atoms with Gasteiger partial charge < -0.3 is 10.2 Å². The topological polar surface area (TPSA) is 78.1 Å². The van der Waals surface area contributed by atoms with E-state index in [1.54, 1.807) is 4.90 Å². The minimum Gasteiger partial charge on any atom is -0.350 e. The number of carbonyl (C=O) groups excluding carboxylic acids is 2. The predicted octanol–water partition coefficient (Wildman–Crippen LogP) is 4.98. The Morgan fingerprint density at radius 3 is 2.47 bits per heavy atom. The van der Waals surface area contributed by atoms with Crippen molar-refractivity contribution >= 4 is 11.8 Å². The molecule has 1 aromatic heterocycles. The van der Waals surface area contributed by atoms with Crippen molar-refractivity contribution in [2.45, 2.75) is 76.3 Å². The third-order valence-electron chi connectivity index (χ3n) is 7.86. The lowest BCUT2D eigenvalue weighted by Gasteiger charge is -2.30. The molecule has 1 saturated heterocycles. The summed E-state index contributed by atoms with van der Waals surface area (Å²) >= 11 is 0. The van der Waals surface area contributed by atoms with E-state index in [4.69, 9.17) is 0 Å². The number of hydrogen-bond acceptors (Lipinski definition) is 3. The Morgan fingerprint density at radius 1 is 0.972 bits per heavy atom. The molecular formula is C30H36N4O2. The maximum absolute atomic E-state index is 13.1. The first-order chi connectivity index (χ1) is 17.5. The lowest BCUT2D eigenvalue weighted by molar-refractivity contribution is -0.131. The first-order valence-corrected chi connectivity index (χ1v) is 13.3. The van der Waals surface area contributed by atoms with E-state index in [-0.39, 0.29) is 17.4 Å². The third-order valence-corrected chi connectivity index (χ3v) is 7.86. The Morgan fingerprint density at radius 2 is 1.72 bits per heavy atom. The zero-order chi connectivity index (χ0) is 25.0. The van der Waals surface area contributed by atoms with E-state index in [9.17, 15) is 9.59 Å². The molecule has 2 aliphatic rings. The SMILES string of the molecule is CN(Cc1n[nH]c2c1CCCCC2)C(=O)CC[C@@]1(Cc2ccc(-c3ccccc3)cc2)CCC(=O)N1. The average Bonchev–Trinajstić information content (AvgIpc) is 3.36.